The molecule has 1 N–H and O–H groups in total. The highest BCUT2D eigenvalue weighted by Crippen LogP contribution is 2.26. The molecule has 0 unspecified atom stereocenters. The highest BCUT2D eigenvalue weighted by atomic mass is 35.5. The molecule has 2 fully saturated rings. The molecule has 132 valence electrons. The molecule has 5 heteroatoms. The van der Waals surface area contributed by atoms with Crippen molar-refractivity contribution in [3.05, 3.63) is 41.0 Å². The number of carbonyl (C=O) groups is 1. The molecule has 1 saturated carbocycles. The van der Waals surface area contributed by atoms with Crippen LogP contribution in [0.2, 0.25) is 5.15 Å². The maximum atomic E-state index is 12.8. The molecule has 4 rings (SSSR count). The Balaban J connectivity index is 1.46. The smallest absolute Gasteiger partial charge is 0.252 e. The third-order valence-electron chi connectivity index (χ3n) is 5.58. The molecular weight excluding hydrogens is 334 g/mol. The monoisotopic (exact) mass is 357 g/mol. The number of halogens is 1. The minimum Gasteiger partial charge on any atom is -0.348 e. The summed E-state index contributed by atoms with van der Waals surface area (Å²) in [5, 5.41) is 4.43. The second kappa shape index (κ2) is 7.30. The van der Waals surface area contributed by atoms with Gasteiger partial charge in [0, 0.05) is 30.6 Å². The minimum absolute atomic E-state index is 0.0454. The van der Waals surface area contributed by atoms with E-state index in [0.29, 0.717) is 16.8 Å². The normalized spacial score (nSPS) is 22.4. The molecule has 0 radical (unpaired) electrons. The Bertz CT molecular complexity index is 773. The first-order chi connectivity index (χ1) is 12.2. The molecule has 1 aromatic heterocycles. The summed E-state index contributed by atoms with van der Waals surface area (Å²) in [4.78, 5) is 19.7. The Morgan fingerprint density at radius 3 is 2.80 bits per heavy atom. The lowest BCUT2D eigenvalue weighted by Crippen LogP contribution is -2.40. The van der Waals surface area contributed by atoms with Crippen molar-refractivity contribution in [2.75, 3.05) is 13.1 Å². The maximum absolute atomic E-state index is 12.8. The van der Waals surface area contributed by atoms with Crippen molar-refractivity contribution in [1.29, 1.82) is 0 Å². The molecule has 1 aliphatic heterocycles. The number of para-hydroxylation sites is 1. The van der Waals surface area contributed by atoms with Crippen LogP contribution in [0.1, 0.15) is 48.9 Å². The molecule has 1 saturated heterocycles. The third-order valence-corrected chi connectivity index (χ3v) is 5.77. The van der Waals surface area contributed by atoms with Gasteiger partial charge in [0.05, 0.1) is 11.1 Å². The van der Waals surface area contributed by atoms with Crippen molar-refractivity contribution < 1.29 is 4.79 Å². The molecule has 0 bridgehead atoms. The summed E-state index contributed by atoms with van der Waals surface area (Å²) in [6.45, 7) is 2.06. The van der Waals surface area contributed by atoms with Crippen LogP contribution in [0.3, 0.4) is 0 Å². The number of nitrogens with zero attached hydrogens (tertiary/aromatic N) is 2. The Hall–Kier alpha value is -1.65. The van der Waals surface area contributed by atoms with E-state index < -0.39 is 0 Å². The van der Waals surface area contributed by atoms with Crippen LogP contribution >= 0.6 is 11.6 Å². The maximum Gasteiger partial charge on any atom is 0.252 e. The van der Waals surface area contributed by atoms with Crippen molar-refractivity contribution in [3.63, 3.8) is 0 Å². The number of hydrogen-bond acceptors (Lipinski definition) is 3. The van der Waals surface area contributed by atoms with Gasteiger partial charge < -0.3 is 5.32 Å². The van der Waals surface area contributed by atoms with E-state index in [0.717, 1.165) is 30.4 Å². The van der Waals surface area contributed by atoms with Gasteiger partial charge in [-0.3, -0.25) is 9.69 Å². The lowest BCUT2D eigenvalue weighted by atomic mass is 9.94. The molecule has 2 heterocycles. The fourth-order valence-electron chi connectivity index (χ4n) is 4.28. The zero-order valence-electron chi connectivity index (χ0n) is 14.4. The first-order valence-corrected chi connectivity index (χ1v) is 9.69. The Labute approximate surface area is 153 Å². The molecule has 2 aromatic rings. The van der Waals surface area contributed by atoms with E-state index in [1.807, 2.05) is 24.3 Å². The van der Waals surface area contributed by atoms with Crippen LogP contribution in [0.5, 0.6) is 0 Å². The van der Waals surface area contributed by atoms with Crippen LogP contribution in [0, 0.1) is 0 Å². The van der Waals surface area contributed by atoms with Crippen molar-refractivity contribution in [3.8, 4) is 0 Å². The average Bonchev–Trinajstić information content (AvgIpc) is 3.10. The second-order valence-electron chi connectivity index (χ2n) is 7.26. The standard InChI is InChI=1S/C20H24ClN3O/c21-19-12-17(16-8-4-5-9-18(16)23-19)20(25)22-14-10-11-24(13-14)15-6-2-1-3-7-15/h4-5,8-9,12,14-15H,1-3,6-7,10-11,13H2,(H,22,25)/t14-/m0/s1. The van der Waals surface area contributed by atoms with Crippen LogP contribution in [0.4, 0.5) is 0 Å². The molecule has 2 aliphatic rings. The Kier molecular flexibility index (Phi) is 4.91. The molecule has 1 amide bonds. The molecular formula is C20H24ClN3O. The summed E-state index contributed by atoms with van der Waals surface area (Å²) in [6, 6.07) is 10.3. The Morgan fingerprint density at radius 1 is 1.16 bits per heavy atom. The van der Waals surface area contributed by atoms with E-state index in [9.17, 15) is 4.79 Å². The lowest BCUT2D eigenvalue weighted by Gasteiger charge is -2.31. The van der Waals surface area contributed by atoms with E-state index in [2.05, 4.69) is 15.2 Å². The van der Waals surface area contributed by atoms with Gasteiger partial charge in [0.1, 0.15) is 5.15 Å². The lowest BCUT2D eigenvalue weighted by molar-refractivity contribution is 0.0936. The second-order valence-corrected chi connectivity index (χ2v) is 7.64. The van der Waals surface area contributed by atoms with Crippen molar-refractivity contribution in [2.24, 2.45) is 0 Å². The van der Waals surface area contributed by atoms with Gasteiger partial charge in [-0.2, -0.15) is 0 Å². The first-order valence-electron chi connectivity index (χ1n) is 9.31. The predicted molar refractivity (Wildman–Crippen MR) is 101 cm³/mol. The highest BCUT2D eigenvalue weighted by molar-refractivity contribution is 6.30. The number of rotatable bonds is 3. The number of pyridine rings is 1. The van der Waals surface area contributed by atoms with Crippen LogP contribution in [0.15, 0.2) is 30.3 Å². The highest BCUT2D eigenvalue weighted by Gasteiger charge is 2.30. The van der Waals surface area contributed by atoms with Crippen LogP contribution in [-0.2, 0) is 0 Å². The fraction of sp³-hybridized carbons (Fsp3) is 0.500. The molecule has 1 aliphatic carbocycles. The van der Waals surface area contributed by atoms with Gasteiger partial charge in [-0.05, 0) is 31.4 Å². The summed E-state index contributed by atoms with van der Waals surface area (Å²) in [5.74, 6) is -0.0454. The number of benzene rings is 1. The zero-order chi connectivity index (χ0) is 17.2. The molecule has 1 aromatic carbocycles. The zero-order valence-corrected chi connectivity index (χ0v) is 15.1. The SMILES string of the molecule is O=C(N[C@H]1CCN(C2CCCCC2)C1)c1cc(Cl)nc2ccccc12. The Morgan fingerprint density at radius 2 is 1.96 bits per heavy atom. The van der Waals surface area contributed by atoms with E-state index in [1.54, 1.807) is 6.07 Å². The third kappa shape index (κ3) is 3.65. The number of hydrogen-bond donors (Lipinski definition) is 1. The first kappa shape index (κ1) is 16.8. The van der Waals surface area contributed by atoms with E-state index >= 15 is 0 Å². The van der Waals surface area contributed by atoms with Gasteiger partial charge in [-0.1, -0.05) is 49.1 Å². The number of nitrogens with one attached hydrogen (secondary N) is 1. The molecule has 4 nitrogen and oxygen atoms in total. The summed E-state index contributed by atoms with van der Waals surface area (Å²) in [5.41, 5.74) is 1.38. The quantitative estimate of drug-likeness (QED) is 0.844. The minimum atomic E-state index is -0.0454. The van der Waals surface area contributed by atoms with Gasteiger partial charge in [0.2, 0.25) is 0 Å². The molecule has 25 heavy (non-hydrogen) atoms. The molecule has 1 atom stereocenters. The van der Waals surface area contributed by atoms with Crippen LogP contribution < -0.4 is 5.32 Å². The number of fused-ring (bicyclic) bond motifs is 1. The van der Waals surface area contributed by atoms with Gasteiger partial charge >= 0.3 is 0 Å². The summed E-state index contributed by atoms with van der Waals surface area (Å²) >= 11 is 6.11. The predicted octanol–water partition coefficient (Wildman–Crippen LogP) is 4.03. The largest absolute Gasteiger partial charge is 0.348 e. The number of likely N-dealkylation sites (tertiary alicyclic amines) is 1. The van der Waals surface area contributed by atoms with Gasteiger partial charge in [-0.15, -0.1) is 0 Å². The van der Waals surface area contributed by atoms with Crippen LogP contribution in [-0.4, -0.2) is 41.0 Å². The van der Waals surface area contributed by atoms with Crippen LogP contribution in [0.25, 0.3) is 10.9 Å². The fourth-order valence-corrected chi connectivity index (χ4v) is 4.48. The number of amides is 1. The van der Waals surface area contributed by atoms with Crippen molar-refractivity contribution in [1.82, 2.24) is 15.2 Å². The van der Waals surface area contributed by atoms with Crippen molar-refractivity contribution in [2.45, 2.75) is 50.6 Å². The van der Waals surface area contributed by atoms with Gasteiger partial charge in [0.15, 0.2) is 0 Å². The van der Waals surface area contributed by atoms with E-state index in [4.69, 9.17) is 11.6 Å². The average molecular weight is 358 g/mol. The summed E-state index contributed by atoms with van der Waals surface area (Å²) in [6.07, 6.45) is 7.72. The molecule has 0 spiro atoms. The summed E-state index contributed by atoms with van der Waals surface area (Å²) in [7, 11) is 0. The number of carbonyl (C=O) groups excluding carboxylic acids is 1. The van der Waals surface area contributed by atoms with Crippen molar-refractivity contribution >= 4 is 28.4 Å². The number of aromatic nitrogens is 1. The van der Waals surface area contributed by atoms with Gasteiger partial charge in [-0.25, -0.2) is 4.98 Å². The summed E-state index contributed by atoms with van der Waals surface area (Å²) < 4.78 is 0. The van der Waals surface area contributed by atoms with E-state index in [-0.39, 0.29) is 11.9 Å². The van der Waals surface area contributed by atoms with E-state index in [1.165, 1.54) is 32.1 Å². The van der Waals surface area contributed by atoms with Gasteiger partial charge in [0.25, 0.3) is 5.91 Å². The topological polar surface area (TPSA) is 45.2 Å².